The summed E-state index contributed by atoms with van der Waals surface area (Å²) in [4.78, 5) is 26.9. The molecule has 47 heavy (non-hydrogen) atoms. The van der Waals surface area contributed by atoms with E-state index in [9.17, 15) is 4.79 Å². The van der Waals surface area contributed by atoms with Crippen LogP contribution in [0.4, 0.5) is 5.82 Å². The molecule has 5 N–H and O–H groups in total. The summed E-state index contributed by atoms with van der Waals surface area (Å²) >= 11 is 0. The normalized spacial score (nSPS) is 24.9. The third kappa shape index (κ3) is 9.42. The molecule has 1 aliphatic heterocycles. The number of anilines is 1. The summed E-state index contributed by atoms with van der Waals surface area (Å²) in [6.45, 7) is 6.84. The number of aromatic nitrogens is 1. The van der Waals surface area contributed by atoms with Crippen molar-refractivity contribution in [3.8, 4) is 0 Å². The van der Waals surface area contributed by atoms with Crippen LogP contribution in [-0.4, -0.2) is 79.3 Å². The van der Waals surface area contributed by atoms with Gasteiger partial charge in [0.15, 0.2) is 0 Å². The third-order valence-corrected chi connectivity index (χ3v) is 10.4. The molecule has 1 saturated carbocycles. The molecular weight excluding hydrogens is 582 g/mol. The number of hydrogen-bond acceptors (Lipinski definition) is 7. The van der Waals surface area contributed by atoms with Crippen molar-refractivity contribution in [2.75, 3.05) is 46.0 Å². The highest BCUT2D eigenvalue weighted by Crippen LogP contribution is 2.30. The molecule has 0 spiro atoms. The lowest BCUT2D eigenvalue weighted by atomic mass is 9.83. The molecule has 252 valence electrons. The summed E-state index contributed by atoms with van der Waals surface area (Å²) in [5.41, 5.74) is 17.9. The van der Waals surface area contributed by atoms with Gasteiger partial charge in [-0.3, -0.25) is 14.7 Å². The largest absolute Gasteiger partial charge is 0.404 e. The molecule has 8 nitrogen and oxygen atoms in total. The van der Waals surface area contributed by atoms with Crippen LogP contribution in [0.15, 0.2) is 71.5 Å². The van der Waals surface area contributed by atoms with Crippen molar-refractivity contribution >= 4 is 23.5 Å². The first-order valence-corrected chi connectivity index (χ1v) is 17.7. The first kappa shape index (κ1) is 34.6. The average Bonchev–Trinajstić information content (AvgIpc) is 3.07. The number of aliphatic imine (C=N–C) groups is 1. The number of carbonyl (C=O) groups is 1. The molecule has 1 amide bonds. The maximum absolute atomic E-state index is 13.4. The fraction of sp³-hybridized carbons (Fsp3) is 0.513. The Labute approximate surface area is 282 Å². The van der Waals surface area contributed by atoms with Crippen LogP contribution in [0.5, 0.6) is 0 Å². The molecule has 0 radical (unpaired) electrons. The number of allylic oxidation sites excluding steroid dienone is 3. The van der Waals surface area contributed by atoms with E-state index in [0.717, 1.165) is 51.7 Å². The quantitative estimate of drug-likeness (QED) is 0.277. The van der Waals surface area contributed by atoms with Gasteiger partial charge in [-0.1, -0.05) is 75.1 Å². The molecule has 4 unspecified atom stereocenters. The zero-order valence-corrected chi connectivity index (χ0v) is 28.7. The zero-order chi connectivity index (χ0) is 33.2. The first-order chi connectivity index (χ1) is 22.9. The number of carbonyl (C=O) groups excluding carboxylic acids is 1. The molecule has 3 aliphatic rings. The Bertz CT molecular complexity index is 1460. The molecule has 1 aromatic carbocycles. The fourth-order valence-electron chi connectivity index (χ4n) is 7.50. The van der Waals surface area contributed by atoms with Crippen LogP contribution in [0.1, 0.15) is 91.3 Å². The number of nitrogens with two attached hydrogens (primary N) is 2. The van der Waals surface area contributed by atoms with Crippen molar-refractivity contribution in [3.63, 3.8) is 0 Å². The minimum atomic E-state index is -0.179. The Morgan fingerprint density at radius 1 is 1.15 bits per heavy atom. The summed E-state index contributed by atoms with van der Waals surface area (Å²) < 4.78 is 0. The zero-order valence-electron chi connectivity index (χ0n) is 28.7. The molecule has 5 rings (SSSR count). The predicted molar refractivity (Wildman–Crippen MR) is 196 cm³/mol. The van der Waals surface area contributed by atoms with Crippen molar-refractivity contribution in [1.82, 2.24) is 20.1 Å². The minimum Gasteiger partial charge on any atom is -0.404 e. The van der Waals surface area contributed by atoms with Crippen LogP contribution in [-0.2, 0) is 6.42 Å². The van der Waals surface area contributed by atoms with Gasteiger partial charge in [0, 0.05) is 81.0 Å². The molecule has 1 aromatic heterocycles. The van der Waals surface area contributed by atoms with Gasteiger partial charge >= 0.3 is 0 Å². The SMILES string of the molecule is CCC1CN(CC2=CCC(c3ccc(CC4CCCCCC(NC(=O)c5cc(C(C=NC)=CN)cnc5N)C4)cc3)C=C2)CCN1C. The lowest BCUT2D eigenvalue weighted by Gasteiger charge is -2.39. The molecule has 2 aliphatic carbocycles. The van der Waals surface area contributed by atoms with Crippen LogP contribution in [0, 0.1) is 5.92 Å². The van der Waals surface area contributed by atoms with Gasteiger partial charge in [-0.25, -0.2) is 4.98 Å². The Morgan fingerprint density at radius 2 is 1.96 bits per heavy atom. The number of nitrogens with one attached hydrogen (secondary N) is 1. The van der Waals surface area contributed by atoms with E-state index >= 15 is 0 Å². The van der Waals surface area contributed by atoms with Crippen LogP contribution in [0.25, 0.3) is 5.57 Å². The van der Waals surface area contributed by atoms with E-state index in [-0.39, 0.29) is 17.8 Å². The van der Waals surface area contributed by atoms with E-state index in [1.807, 2.05) is 0 Å². The smallest absolute Gasteiger partial charge is 0.255 e. The van der Waals surface area contributed by atoms with Gasteiger partial charge in [-0.05, 0) is 67.8 Å². The molecule has 4 atom stereocenters. The summed E-state index contributed by atoms with van der Waals surface area (Å²) in [7, 11) is 3.94. The number of pyridine rings is 1. The summed E-state index contributed by atoms with van der Waals surface area (Å²) in [6.07, 6.45) is 21.9. The maximum atomic E-state index is 13.4. The van der Waals surface area contributed by atoms with E-state index in [0.29, 0.717) is 34.6 Å². The van der Waals surface area contributed by atoms with Gasteiger partial charge in [0.25, 0.3) is 5.91 Å². The summed E-state index contributed by atoms with van der Waals surface area (Å²) in [6, 6.07) is 11.8. The number of nitrogen functional groups attached to an aromatic ring is 1. The number of likely N-dealkylation sites (N-methyl/N-ethyl adjacent to an activating group) is 1. The van der Waals surface area contributed by atoms with Crippen molar-refractivity contribution in [1.29, 1.82) is 0 Å². The highest BCUT2D eigenvalue weighted by molar-refractivity contribution is 6.10. The van der Waals surface area contributed by atoms with Gasteiger partial charge in [0.05, 0.1) is 5.56 Å². The predicted octanol–water partition coefficient (Wildman–Crippen LogP) is 5.97. The van der Waals surface area contributed by atoms with Crippen molar-refractivity contribution in [2.24, 2.45) is 16.6 Å². The lowest BCUT2D eigenvalue weighted by Crippen LogP contribution is -2.51. The van der Waals surface area contributed by atoms with Gasteiger partial charge in [-0.2, -0.15) is 0 Å². The Hall–Kier alpha value is -3.75. The van der Waals surface area contributed by atoms with Gasteiger partial charge in [-0.15, -0.1) is 0 Å². The molecule has 8 heteroatoms. The van der Waals surface area contributed by atoms with Crippen molar-refractivity contribution in [3.05, 3.63) is 88.8 Å². The van der Waals surface area contributed by atoms with Crippen molar-refractivity contribution < 1.29 is 4.79 Å². The van der Waals surface area contributed by atoms with E-state index in [2.05, 4.69) is 81.6 Å². The number of amides is 1. The number of piperazine rings is 1. The van der Waals surface area contributed by atoms with Crippen molar-refractivity contribution in [2.45, 2.75) is 82.7 Å². The Balaban J connectivity index is 1.15. The monoisotopic (exact) mass is 637 g/mol. The first-order valence-electron chi connectivity index (χ1n) is 17.7. The molecule has 0 bridgehead atoms. The van der Waals surface area contributed by atoms with E-state index in [1.165, 1.54) is 55.1 Å². The number of nitrogens with zero attached hydrogens (tertiary/aromatic N) is 4. The lowest BCUT2D eigenvalue weighted by molar-refractivity contribution is 0.0925. The fourth-order valence-corrected chi connectivity index (χ4v) is 7.50. The number of rotatable bonds is 10. The Morgan fingerprint density at radius 3 is 2.68 bits per heavy atom. The maximum Gasteiger partial charge on any atom is 0.255 e. The van der Waals surface area contributed by atoms with E-state index in [1.54, 1.807) is 25.5 Å². The highest BCUT2D eigenvalue weighted by Gasteiger charge is 2.25. The second-order valence-electron chi connectivity index (χ2n) is 13.8. The van der Waals surface area contributed by atoms with Gasteiger partial charge in [0.2, 0.25) is 0 Å². The van der Waals surface area contributed by atoms with Gasteiger partial charge in [0.1, 0.15) is 5.82 Å². The van der Waals surface area contributed by atoms with E-state index < -0.39 is 0 Å². The topological polar surface area (TPSA) is 113 Å². The number of hydrogen-bond donors (Lipinski definition) is 3. The van der Waals surface area contributed by atoms with Crippen LogP contribution >= 0.6 is 0 Å². The second kappa shape index (κ2) is 16.9. The summed E-state index contributed by atoms with van der Waals surface area (Å²) in [5.74, 6) is 0.999. The second-order valence-corrected chi connectivity index (χ2v) is 13.8. The van der Waals surface area contributed by atoms with Crippen LogP contribution in [0.3, 0.4) is 0 Å². The minimum absolute atomic E-state index is 0.101. The van der Waals surface area contributed by atoms with Crippen LogP contribution in [0.2, 0.25) is 0 Å². The number of benzene rings is 1. The average molecular weight is 638 g/mol. The van der Waals surface area contributed by atoms with Crippen LogP contribution < -0.4 is 16.8 Å². The standard InChI is InChI=1S/C39H55N7O/c1-4-36-27-46(19-18-45(36)3)26-29-12-16-32(17-13-29)31-14-10-28(11-15-31)20-30-8-6-5-7-9-35(21-30)44-39(47)37-22-33(25-43-38(37)41)34(23-40)24-42-2/h10-16,22-25,30,32,35-36H,4-9,17-21,26-27,40H2,1-3H3,(H2,41,43)(H,44,47). The molecular formula is C39H55N7O. The molecule has 2 heterocycles. The highest BCUT2D eigenvalue weighted by atomic mass is 16.1. The Kier molecular flexibility index (Phi) is 12.4. The van der Waals surface area contributed by atoms with Gasteiger partial charge < -0.3 is 21.7 Å². The molecule has 1 saturated heterocycles. The van der Waals surface area contributed by atoms with E-state index in [4.69, 9.17) is 11.5 Å². The molecule has 2 aromatic rings. The third-order valence-electron chi connectivity index (χ3n) is 10.4. The molecule has 2 fully saturated rings. The summed E-state index contributed by atoms with van der Waals surface area (Å²) in [5, 5.41) is 3.30.